The molecule has 0 atom stereocenters. The van der Waals surface area contributed by atoms with E-state index >= 15 is 0 Å². The Hall–Kier alpha value is 0.559. The van der Waals surface area contributed by atoms with E-state index in [0.29, 0.717) is 0 Å². The van der Waals surface area contributed by atoms with Crippen molar-refractivity contribution < 1.29 is 33.1 Å². The van der Waals surface area contributed by atoms with Crippen LogP contribution in [0.4, 0.5) is 0 Å². The second-order valence-electron chi connectivity index (χ2n) is 0.408. The Bertz CT molecular complexity index is 90.7. The van der Waals surface area contributed by atoms with Gasteiger partial charge in [0.15, 0.2) is 0 Å². The Morgan fingerprint density at radius 1 is 1.17 bits per heavy atom. The van der Waals surface area contributed by atoms with Crippen LogP contribution >= 0.6 is 0 Å². The van der Waals surface area contributed by atoms with Crippen molar-refractivity contribution in [2.24, 2.45) is 0 Å². The van der Waals surface area contributed by atoms with Gasteiger partial charge in [0.05, 0.1) is 0 Å². The Balaban J connectivity index is 0. The molecular weight excluding hydrogens is 198 g/mol. The summed E-state index contributed by atoms with van der Waals surface area (Å²) in [7, 11) is 0. The average Bonchev–Trinajstić information content (AvgIpc) is 0.722. The summed E-state index contributed by atoms with van der Waals surface area (Å²) >= 11 is -5.75. The molecular formula is MnO4Se. The molecule has 0 saturated carbocycles. The minimum absolute atomic E-state index is 0. The summed E-state index contributed by atoms with van der Waals surface area (Å²) in [6.45, 7) is 0. The van der Waals surface area contributed by atoms with E-state index in [0.717, 1.165) is 0 Å². The molecule has 0 saturated heterocycles. The first-order valence-corrected chi connectivity index (χ1v) is 3.46. The van der Waals surface area contributed by atoms with E-state index in [1.54, 1.807) is 0 Å². The fraction of sp³-hybridized carbons (Fsp3) is 0. The van der Waals surface area contributed by atoms with Crippen LogP contribution < -0.4 is 8.38 Å². The summed E-state index contributed by atoms with van der Waals surface area (Å²) in [4.78, 5) is 0. The summed E-state index contributed by atoms with van der Waals surface area (Å²) in [5.41, 5.74) is 0. The van der Waals surface area contributed by atoms with Crippen LogP contribution in [0.15, 0.2) is 0 Å². The van der Waals surface area contributed by atoms with E-state index in [1.165, 1.54) is 0 Å². The Labute approximate surface area is 46.9 Å². The molecule has 0 aliphatic carbocycles. The number of hydrogen-bond acceptors (Lipinski definition) is 4. The van der Waals surface area contributed by atoms with Crippen molar-refractivity contribution in [1.82, 2.24) is 0 Å². The maximum absolute atomic E-state index is 8.59. The van der Waals surface area contributed by atoms with Gasteiger partial charge in [-0.15, -0.1) is 0 Å². The quantitative estimate of drug-likeness (QED) is 0.388. The first-order valence-electron chi connectivity index (χ1n) is 0.667. The molecule has 0 aromatic rings. The zero-order chi connectivity index (χ0) is 4.50. The van der Waals surface area contributed by atoms with Crippen LogP contribution in [0.5, 0.6) is 0 Å². The summed E-state index contributed by atoms with van der Waals surface area (Å²) in [5.74, 6) is 0. The van der Waals surface area contributed by atoms with E-state index < -0.39 is 13.4 Å². The van der Waals surface area contributed by atoms with Crippen molar-refractivity contribution in [1.29, 1.82) is 0 Å². The normalized spacial score (nSPS) is 9.67. The molecule has 0 unspecified atom stereocenters. The van der Waals surface area contributed by atoms with Gasteiger partial charge in [0.25, 0.3) is 0 Å². The molecule has 6 heteroatoms. The monoisotopic (exact) mass is 199 g/mol. The van der Waals surface area contributed by atoms with Gasteiger partial charge < -0.3 is 0 Å². The molecule has 0 N–H and O–H groups in total. The predicted octanol–water partition coefficient (Wildman–Crippen LogP) is -3.00. The molecule has 0 rings (SSSR count). The largest absolute Gasteiger partial charge is 2.00 e. The molecule has 0 amide bonds. The van der Waals surface area contributed by atoms with Crippen molar-refractivity contribution in [3.8, 4) is 0 Å². The molecule has 6 heavy (non-hydrogen) atoms. The smallest absolute Gasteiger partial charge is 2.00 e. The van der Waals surface area contributed by atoms with Crippen LogP contribution in [-0.2, 0) is 24.7 Å². The number of rotatable bonds is 0. The van der Waals surface area contributed by atoms with Gasteiger partial charge in [-0.1, -0.05) is 0 Å². The second kappa shape index (κ2) is 2.69. The van der Waals surface area contributed by atoms with Gasteiger partial charge in [0, 0.05) is 0 Å². The van der Waals surface area contributed by atoms with Crippen LogP contribution in [0.3, 0.4) is 0 Å². The van der Waals surface area contributed by atoms with Crippen LogP contribution in [0, 0.1) is 0 Å². The van der Waals surface area contributed by atoms with Gasteiger partial charge in [0.1, 0.15) is 0 Å². The van der Waals surface area contributed by atoms with E-state index in [2.05, 4.69) is 0 Å². The first-order chi connectivity index (χ1) is 2.00. The zero-order valence-electron chi connectivity index (χ0n) is 2.42. The summed E-state index contributed by atoms with van der Waals surface area (Å²) < 4.78 is 34.4. The first kappa shape index (κ1) is 9.75. The number of hydrogen-bond donors (Lipinski definition) is 0. The summed E-state index contributed by atoms with van der Waals surface area (Å²) in [6, 6.07) is 0. The van der Waals surface area contributed by atoms with Gasteiger partial charge >= 0.3 is 46.5 Å². The third kappa shape index (κ3) is 185. The van der Waals surface area contributed by atoms with Crippen LogP contribution in [0.1, 0.15) is 0 Å². The fourth-order valence-corrected chi connectivity index (χ4v) is 0. The predicted molar refractivity (Wildman–Crippen MR) is 7.13 cm³/mol. The standard InChI is InChI=1S/Mn.H2O4Se/c;1-5(2,3)4/h;(H2,1,2,3,4)/q+2;/p-2. The maximum atomic E-state index is 8.59. The van der Waals surface area contributed by atoms with Crippen LogP contribution in [-0.4, -0.2) is 13.4 Å². The van der Waals surface area contributed by atoms with E-state index in [-0.39, 0.29) is 17.1 Å². The molecule has 0 aliphatic rings. The summed E-state index contributed by atoms with van der Waals surface area (Å²) in [5, 5.41) is 0. The van der Waals surface area contributed by atoms with Crippen LogP contribution in [0.25, 0.3) is 0 Å². The van der Waals surface area contributed by atoms with E-state index in [1.807, 2.05) is 0 Å². The Morgan fingerprint density at radius 2 is 1.17 bits per heavy atom. The molecule has 0 bridgehead atoms. The average molecular weight is 198 g/mol. The molecule has 0 fully saturated rings. The van der Waals surface area contributed by atoms with Crippen molar-refractivity contribution in [3.63, 3.8) is 0 Å². The molecule has 0 aromatic heterocycles. The van der Waals surface area contributed by atoms with Crippen molar-refractivity contribution in [2.75, 3.05) is 0 Å². The molecule has 0 aliphatic heterocycles. The Morgan fingerprint density at radius 3 is 1.17 bits per heavy atom. The molecule has 1 radical (unpaired) electrons. The summed E-state index contributed by atoms with van der Waals surface area (Å²) in [6.07, 6.45) is 0. The fourth-order valence-electron chi connectivity index (χ4n) is 0. The van der Waals surface area contributed by atoms with Gasteiger partial charge in [-0.2, -0.15) is 0 Å². The van der Waals surface area contributed by atoms with Gasteiger partial charge in [-0.05, 0) is 0 Å². The zero-order valence-corrected chi connectivity index (χ0v) is 5.31. The van der Waals surface area contributed by atoms with Gasteiger partial charge in [-0.3, -0.25) is 0 Å². The molecule has 0 aromatic carbocycles. The van der Waals surface area contributed by atoms with Gasteiger partial charge in [-0.25, -0.2) is 0 Å². The third-order valence-corrected chi connectivity index (χ3v) is 0. The van der Waals surface area contributed by atoms with E-state index in [9.17, 15) is 0 Å². The molecule has 0 heterocycles. The van der Waals surface area contributed by atoms with Crippen molar-refractivity contribution >= 4 is 13.4 Å². The molecule has 0 spiro atoms. The Kier molecular flexibility index (Phi) is 4.37. The van der Waals surface area contributed by atoms with Crippen molar-refractivity contribution in [2.45, 2.75) is 0 Å². The minimum Gasteiger partial charge on any atom is 2.00 e. The maximum Gasteiger partial charge on any atom is 2.00 e. The third-order valence-electron chi connectivity index (χ3n) is 0. The molecule has 37 valence electrons. The molecule has 4 nitrogen and oxygen atoms in total. The van der Waals surface area contributed by atoms with Gasteiger partial charge in [0.2, 0.25) is 0 Å². The van der Waals surface area contributed by atoms with Crippen molar-refractivity contribution in [3.05, 3.63) is 0 Å². The minimum atomic E-state index is -5.75. The SMILES string of the molecule is O=[Se](=O)([O-])[O-].[Mn+2]. The van der Waals surface area contributed by atoms with Crippen LogP contribution in [0.2, 0.25) is 0 Å². The topological polar surface area (TPSA) is 80.3 Å². The second-order valence-corrected chi connectivity index (χ2v) is 2.12. The van der Waals surface area contributed by atoms with E-state index in [4.69, 9.17) is 16.0 Å².